The van der Waals surface area contributed by atoms with E-state index < -0.39 is 0 Å². The SMILES string of the molecule is CC1(C)c2ccccc2-c2ccc(-c3cc(-c4cccnc4)cc(-c4nc(-c5ccccc5)nc(-c5cc6ccccc6c6ccccc56)n4)c3)cc21. The molecule has 250 valence electrons. The van der Waals surface area contributed by atoms with Crippen LogP contribution in [0.4, 0.5) is 0 Å². The summed E-state index contributed by atoms with van der Waals surface area (Å²) in [7, 11) is 0. The van der Waals surface area contributed by atoms with Crippen molar-refractivity contribution in [3.63, 3.8) is 0 Å². The predicted octanol–water partition coefficient (Wildman–Crippen LogP) is 12.2. The molecule has 0 atom stereocenters. The van der Waals surface area contributed by atoms with E-state index in [1.165, 1.54) is 33.0 Å². The molecule has 1 aliphatic rings. The molecular weight excluding hydrogens is 645 g/mol. The first-order chi connectivity index (χ1) is 26.0. The van der Waals surface area contributed by atoms with Gasteiger partial charge in [-0.25, -0.2) is 15.0 Å². The molecule has 0 fully saturated rings. The van der Waals surface area contributed by atoms with Gasteiger partial charge in [0.15, 0.2) is 17.5 Å². The third-order valence-electron chi connectivity index (χ3n) is 10.8. The number of fused-ring (bicyclic) bond motifs is 6. The van der Waals surface area contributed by atoms with E-state index >= 15 is 0 Å². The standard InChI is InChI=1S/C49H34N4/c1-49(2)44-21-11-10-20-41(44)42-23-22-32(29-45(42)49)35-25-36(34-16-12-24-50-30-34)27-37(26-35)47-51-46(31-13-4-3-5-14-31)52-48(53-47)43-28-33-15-6-7-17-38(33)39-18-8-9-19-40(39)43/h3-30H,1-2H3. The summed E-state index contributed by atoms with van der Waals surface area (Å²) >= 11 is 0. The topological polar surface area (TPSA) is 51.6 Å². The summed E-state index contributed by atoms with van der Waals surface area (Å²) in [4.78, 5) is 20.1. The van der Waals surface area contributed by atoms with Crippen LogP contribution in [-0.2, 0) is 5.41 Å². The molecule has 0 bridgehead atoms. The summed E-state index contributed by atoms with van der Waals surface area (Å²) in [6.07, 6.45) is 3.73. The van der Waals surface area contributed by atoms with Gasteiger partial charge < -0.3 is 0 Å². The summed E-state index contributed by atoms with van der Waals surface area (Å²) in [6.45, 7) is 4.65. The van der Waals surface area contributed by atoms with Crippen molar-refractivity contribution in [3.8, 4) is 67.5 Å². The third kappa shape index (κ3) is 5.22. The Kier molecular flexibility index (Phi) is 7.12. The van der Waals surface area contributed by atoms with Crippen molar-refractivity contribution in [2.75, 3.05) is 0 Å². The van der Waals surface area contributed by atoms with Crippen molar-refractivity contribution in [1.82, 2.24) is 19.9 Å². The quantitative estimate of drug-likeness (QED) is 0.170. The second-order valence-electron chi connectivity index (χ2n) is 14.3. The van der Waals surface area contributed by atoms with Gasteiger partial charge in [0.05, 0.1) is 0 Å². The lowest BCUT2D eigenvalue weighted by atomic mass is 9.81. The molecule has 10 rings (SSSR count). The number of pyridine rings is 1. The molecule has 1 aliphatic carbocycles. The molecular formula is C49H34N4. The second kappa shape index (κ2) is 12.2. The van der Waals surface area contributed by atoms with E-state index in [4.69, 9.17) is 15.0 Å². The Labute approximate surface area is 308 Å². The van der Waals surface area contributed by atoms with Gasteiger partial charge in [0.25, 0.3) is 0 Å². The molecule has 7 aromatic carbocycles. The minimum absolute atomic E-state index is 0.109. The van der Waals surface area contributed by atoms with E-state index in [2.05, 4.69) is 152 Å². The fourth-order valence-electron chi connectivity index (χ4n) is 8.09. The van der Waals surface area contributed by atoms with Crippen molar-refractivity contribution in [1.29, 1.82) is 0 Å². The fraction of sp³-hybridized carbons (Fsp3) is 0.0612. The highest BCUT2D eigenvalue weighted by atomic mass is 15.0. The number of nitrogens with zero attached hydrogens (tertiary/aromatic N) is 4. The minimum atomic E-state index is -0.109. The van der Waals surface area contributed by atoms with Gasteiger partial charge in [0, 0.05) is 40.1 Å². The number of aromatic nitrogens is 4. The Morgan fingerprint density at radius 2 is 1.00 bits per heavy atom. The maximum atomic E-state index is 5.30. The Bertz CT molecular complexity index is 2860. The van der Waals surface area contributed by atoms with Crippen LogP contribution in [0.2, 0.25) is 0 Å². The number of benzene rings is 7. The average molecular weight is 679 g/mol. The van der Waals surface area contributed by atoms with Gasteiger partial charge in [-0.3, -0.25) is 4.98 Å². The van der Waals surface area contributed by atoms with Gasteiger partial charge in [0.1, 0.15) is 0 Å². The highest BCUT2D eigenvalue weighted by Crippen LogP contribution is 2.49. The maximum Gasteiger partial charge on any atom is 0.164 e. The van der Waals surface area contributed by atoms with Gasteiger partial charge in [-0.15, -0.1) is 0 Å². The van der Waals surface area contributed by atoms with Crippen molar-refractivity contribution < 1.29 is 0 Å². The van der Waals surface area contributed by atoms with Gasteiger partial charge in [-0.2, -0.15) is 0 Å². The van der Waals surface area contributed by atoms with Crippen LogP contribution in [0.3, 0.4) is 0 Å². The molecule has 4 heteroatoms. The van der Waals surface area contributed by atoms with E-state index in [0.29, 0.717) is 17.5 Å². The first-order valence-electron chi connectivity index (χ1n) is 18.0. The first kappa shape index (κ1) is 31.0. The molecule has 0 amide bonds. The normalized spacial score (nSPS) is 12.9. The van der Waals surface area contributed by atoms with Crippen molar-refractivity contribution >= 4 is 21.5 Å². The third-order valence-corrected chi connectivity index (χ3v) is 10.8. The van der Waals surface area contributed by atoms with E-state index in [9.17, 15) is 0 Å². The van der Waals surface area contributed by atoms with Gasteiger partial charge >= 0.3 is 0 Å². The smallest absolute Gasteiger partial charge is 0.164 e. The van der Waals surface area contributed by atoms with Crippen LogP contribution in [-0.4, -0.2) is 19.9 Å². The summed E-state index contributed by atoms with van der Waals surface area (Å²) < 4.78 is 0. The monoisotopic (exact) mass is 678 g/mol. The van der Waals surface area contributed by atoms with Gasteiger partial charge in [-0.05, 0) is 96.9 Å². The lowest BCUT2D eigenvalue weighted by molar-refractivity contribution is 0.660. The molecule has 0 aliphatic heterocycles. The van der Waals surface area contributed by atoms with Crippen LogP contribution in [0, 0.1) is 0 Å². The van der Waals surface area contributed by atoms with Crippen LogP contribution >= 0.6 is 0 Å². The molecule has 2 aromatic heterocycles. The van der Waals surface area contributed by atoms with Crippen LogP contribution in [0.1, 0.15) is 25.0 Å². The highest BCUT2D eigenvalue weighted by Gasteiger charge is 2.35. The molecule has 0 radical (unpaired) electrons. The average Bonchev–Trinajstić information content (AvgIpc) is 3.46. The zero-order valence-corrected chi connectivity index (χ0v) is 29.5. The summed E-state index contributed by atoms with van der Waals surface area (Å²) in [5.74, 6) is 1.89. The number of hydrogen-bond donors (Lipinski definition) is 0. The molecule has 0 saturated heterocycles. The lowest BCUT2D eigenvalue weighted by Gasteiger charge is -2.22. The number of hydrogen-bond acceptors (Lipinski definition) is 4. The van der Waals surface area contributed by atoms with E-state index in [0.717, 1.165) is 49.7 Å². The Hall–Kier alpha value is -6.78. The van der Waals surface area contributed by atoms with E-state index in [1.54, 1.807) is 0 Å². The molecule has 4 nitrogen and oxygen atoms in total. The Balaban J connectivity index is 1.21. The van der Waals surface area contributed by atoms with Crippen molar-refractivity contribution in [2.45, 2.75) is 19.3 Å². The van der Waals surface area contributed by atoms with Crippen LogP contribution in [0.25, 0.3) is 89.1 Å². The molecule has 0 unspecified atom stereocenters. The van der Waals surface area contributed by atoms with E-state index in [1.807, 2.05) is 36.7 Å². The van der Waals surface area contributed by atoms with Gasteiger partial charge in [-0.1, -0.05) is 135 Å². The Morgan fingerprint density at radius 3 is 1.81 bits per heavy atom. The maximum absolute atomic E-state index is 5.30. The Morgan fingerprint density at radius 1 is 0.377 bits per heavy atom. The molecule has 0 saturated carbocycles. The van der Waals surface area contributed by atoms with Crippen LogP contribution in [0.5, 0.6) is 0 Å². The summed E-state index contributed by atoms with van der Waals surface area (Å²) in [5, 5.41) is 4.63. The lowest BCUT2D eigenvalue weighted by Crippen LogP contribution is -2.14. The molecule has 0 spiro atoms. The molecule has 53 heavy (non-hydrogen) atoms. The molecule has 9 aromatic rings. The summed E-state index contributed by atoms with van der Waals surface area (Å²) in [6, 6.07) is 55.9. The zero-order valence-electron chi connectivity index (χ0n) is 29.5. The van der Waals surface area contributed by atoms with Crippen LogP contribution < -0.4 is 0 Å². The second-order valence-corrected chi connectivity index (χ2v) is 14.3. The highest BCUT2D eigenvalue weighted by molar-refractivity contribution is 6.13. The number of rotatable bonds is 5. The molecule has 0 N–H and O–H groups in total. The summed E-state index contributed by atoms with van der Waals surface area (Å²) in [5.41, 5.74) is 12.4. The van der Waals surface area contributed by atoms with Gasteiger partial charge in [0.2, 0.25) is 0 Å². The van der Waals surface area contributed by atoms with Crippen LogP contribution in [0.15, 0.2) is 170 Å². The first-order valence-corrected chi connectivity index (χ1v) is 18.0. The fourth-order valence-corrected chi connectivity index (χ4v) is 8.09. The van der Waals surface area contributed by atoms with Crippen molar-refractivity contribution in [3.05, 3.63) is 181 Å². The van der Waals surface area contributed by atoms with Crippen molar-refractivity contribution in [2.24, 2.45) is 0 Å². The van der Waals surface area contributed by atoms with E-state index in [-0.39, 0.29) is 5.41 Å². The minimum Gasteiger partial charge on any atom is -0.264 e. The molecule has 2 heterocycles. The zero-order chi connectivity index (χ0) is 35.5. The predicted molar refractivity (Wildman–Crippen MR) is 217 cm³/mol. The largest absolute Gasteiger partial charge is 0.264 e.